The van der Waals surface area contributed by atoms with Gasteiger partial charge < -0.3 is 10.1 Å². The van der Waals surface area contributed by atoms with Crippen molar-refractivity contribution in [2.75, 3.05) is 17.7 Å². The molecule has 6 nitrogen and oxygen atoms in total. The van der Waals surface area contributed by atoms with Crippen molar-refractivity contribution in [3.8, 4) is 22.8 Å². The van der Waals surface area contributed by atoms with Gasteiger partial charge in [0.2, 0.25) is 5.91 Å². The van der Waals surface area contributed by atoms with E-state index >= 15 is 0 Å². The highest BCUT2D eigenvalue weighted by molar-refractivity contribution is 7.99. The quantitative estimate of drug-likeness (QED) is 0.328. The van der Waals surface area contributed by atoms with E-state index in [1.165, 1.54) is 23.9 Å². The molecule has 0 unspecified atom stereocenters. The largest absolute Gasteiger partial charge is 0.491 e. The Hall–Kier alpha value is -3.65. The predicted octanol–water partition coefficient (Wildman–Crippen LogP) is 5.59. The molecule has 1 N–H and O–H groups in total. The van der Waals surface area contributed by atoms with Crippen molar-refractivity contribution in [2.45, 2.75) is 18.5 Å². The molecule has 1 aromatic heterocycles. The van der Waals surface area contributed by atoms with E-state index in [2.05, 4.69) is 15.5 Å². The molecule has 0 aliphatic heterocycles. The SMILES string of the molecule is CCCOc1ccccc1NC(=O)CSc1nnc(-c2ccc(F)cc2)n1-c1ccccc1. The van der Waals surface area contributed by atoms with Crippen LogP contribution >= 0.6 is 11.8 Å². The molecule has 0 aliphatic carbocycles. The van der Waals surface area contributed by atoms with Crippen molar-refractivity contribution in [1.29, 1.82) is 0 Å². The lowest BCUT2D eigenvalue weighted by Crippen LogP contribution is -2.15. The molecule has 4 rings (SSSR count). The number of hydrogen-bond acceptors (Lipinski definition) is 5. The van der Waals surface area contributed by atoms with Crippen LogP contribution < -0.4 is 10.1 Å². The van der Waals surface area contributed by atoms with Gasteiger partial charge in [-0.05, 0) is 55.0 Å². The van der Waals surface area contributed by atoms with Gasteiger partial charge in [-0.25, -0.2) is 4.39 Å². The first-order valence-corrected chi connectivity index (χ1v) is 11.6. The summed E-state index contributed by atoms with van der Waals surface area (Å²) in [6.45, 7) is 2.61. The van der Waals surface area contributed by atoms with Crippen molar-refractivity contribution in [3.05, 3.63) is 84.7 Å². The number of thioether (sulfide) groups is 1. The number of rotatable bonds is 9. The number of anilines is 1. The van der Waals surface area contributed by atoms with Gasteiger partial charge in [0.1, 0.15) is 11.6 Å². The first-order valence-electron chi connectivity index (χ1n) is 10.6. The molecule has 0 aliphatic rings. The summed E-state index contributed by atoms with van der Waals surface area (Å²) in [7, 11) is 0. The van der Waals surface area contributed by atoms with Crippen LogP contribution in [0.25, 0.3) is 17.1 Å². The van der Waals surface area contributed by atoms with Crippen LogP contribution in [0.3, 0.4) is 0 Å². The minimum absolute atomic E-state index is 0.135. The lowest BCUT2D eigenvalue weighted by molar-refractivity contribution is -0.113. The molecular formula is C25H23FN4O2S. The Morgan fingerprint density at radius 2 is 1.73 bits per heavy atom. The molecule has 0 atom stereocenters. The lowest BCUT2D eigenvalue weighted by Gasteiger charge is -2.12. The van der Waals surface area contributed by atoms with Crippen molar-refractivity contribution in [2.24, 2.45) is 0 Å². The zero-order valence-electron chi connectivity index (χ0n) is 18.1. The van der Waals surface area contributed by atoms with Crippen LogP contribution in [0.4, 0.5) is 10.1 Å². The number of para-hydroxylation sites is 3. The number of benzene rings is 3. The topological polar surface area (TPSA) is 69.0 Å². The number of nitrogens with zero attached hydrogens (tertiary/aromatic N) is 3. The Bertz CT molecular complexity index is 1210. The fourth-order valence-electron chi connectivity index (χ4n) is 3.18. The molecule has 3 aromatic carbocycles. The molecule has 0 fully saturated rings. The van der Waals surface area contributed by atoms with Crippen LogP contribution in [0.5, 0.6) is 5.75 Å². The fraction of sp³-hybridized carbons (Fsp3) is 0.160. The number of ether oxygens (including phenoxy) is 1. The summed E-state index contributed by atoms with van der Waals surface area (Å²) in [5.74, 6) is 0.847. The van der Waals surface area contributed by atoms with Crippen molar-refractivity contribution in [3.63, 3.8) is 0 Å². The van der Waals surface area contributed by atoms with Crippen LogP contribution in [-0.4, -0.2) is 33.0 Å². The second-order valence-corrected chi connectivity index (χ2v) is 8.11. The van der Waals surface area contributed by atoms with Crippen LogP contribution in [0.1, 0.15) is 13.3 Å². The van der Waals surface area contributed by atoms with E-state index in [4.69, 9.17) is 4.74 Å². The highest BCUT2D eigenvalue weighted by atomic mass is 32.2. The number of halogens is 1. The second kappa shape index (κ2) is 10.8. The second-order valence-electron chi connectivity index (χ2n) is 7.17. The number of hydrogen-bond donors (Lipinski definition) is 1. The summed E-state index contributed by atoms with van der Waals surface area (Å²) < 4.78 is 21.0. The van der Waals surface area contributed by atoms with Gasteiger partial charge >= 0.3 is 0 Å². The van der Waals surface area contributed by atoms with Crippen LogP contribution in [0, 0.1) is 5.82 Å². The third-order valence-corrected chi connectivity index (χ3v) is 5.63. The van der Waals surface area contributed by atoms with Gasteiger partial charge in [-0.1, -0.05) is 49.0 Å². The monoisotopic (exact) mass is 462 g/mol. The Labute approximate surface area is 195 Å². The maximum absolute atomic E-state index is 13.4. The first kappa shape index (κ1) is 22.5. The average Bonchev–Trinajstić information content (AvgIpc) is 3.27. The molecular weight excluding hydrogens is 439 g/mol. The van der Waals surface area contributed by atoms with Crippen molar-refractivity contribution < 1.29 is 13.9 Å². The number of aromatic nitrogens is 3. The molecule has 8 heteroatoms. The highest BCUT2D eigenvalue weighted by Crippen LogP contribution is 2.29. The fourth-order valence-corrected chi connectivity index (χ4v) is 3.94. The molecule has 0 spiro atoms. The van der Waals surface area contributed by atoms with Gasteiger partial charge in [0, 0.05) is 11.3 Å². The Balaban J connectivity index is 1.54. The molecule has 0 bridgehead atoms. The molecule has 0 saturated carbocycles. The molecule has 1 heterocycles. The first-order chi connectivity index (χ1) is 16.2. The van der Waals surface area contributed by atoms with E-state index < -0.39 is 0 Å². The number of amides is 1. The van der Waals surface area contributed by atoms with Crippen LogP contribution in [0.2, 0.25) is 0 Å². The molecule has 4 aromatic rings. The van der Waals surface area contributed by atoms with Crippen molar-refractivity contribution in [1.82, 2.24) is 14.8 Å². The van der Waals surface area contributed by atoms with Gasteiger partial charge in [-0.3, -0.25) is 9.36 Å². The summed E-state index contributed by atoms with van der Waals surface area (Å²) in [5, 5.41) is 12.1. The van der Waals surface area contributed by atoms with Gasteiger partial charge in [0.15, 0.2) is 11.0 Å². The van der Waals surface area contributed by atoms with E-state index in [-0.39, 0.29) is 17.5 Å². The molecule has 33 heavy (non-hydrogen) atoms. The number of carbonyl (C=O) groups is 1. The van der Waals surface area contributed by atoms with Crippen LogP contribution in [-0.2, 0) is 4.79 Å². The van der Waals surface area contributed by atoms with Gasteiger partial charge in [-0.15, -0.1) is 10.2 Å². The normalized spacial score (nSPS) is 10.7. The summed E-state index contributed by atoms with van der Waals surface area (Å²) in [4.78, 5) is 12.7. The zero-order valence-corrected chi connectivity index (χ0v) is 18.9. The number of nitrogens with one attached hydrogen (secondary N) is 1. The Morgan fingerprint density at radius 1 is 1.00 bits per heavy atom. The zero-order chi connectivity index (χ0) is 23.0. The maximum Gasteiger partial charge on any atom is 0.234 e. The molecule has 1 amide bonds. The molecule has 0 saturated heterocycles. The minimum Gasteiger partial charge on any atom is -0.491 e. The van der Waals surface area contributed by atoms with Gasteiger partial charge in [0.25, 0.3) is 0 Å². The average molecular weight is 463 g/mol. The third kappa shape index (κ3) is 5.59. The molecule has 168 valence electrons. The predicted molar refractivity (Wildman–Crippen MR) is 128 cm³/mol. The summed E-state index contributed by atoms with van der Waals surface area (Å²) in [5.41, 5.74) is 2.21. The third-order valence-electron chi connectivity index (χ3n) is 4.71. The lowest BCUT2D eigenvalue weighted by atomic mass is 10.2. The van der Waals surface area contributed by atoms with E-state index in [1.807, 2.05) is 66.1 Å². The number of carbonyl (C=O) groups excluding carboxylic acids is 1. The summed E-state index contributed by atoms with van der Waals surface area (Å²) in [6.07, 6.45) is 0.879. The Morgan fingerprint density at radius 3 is 2.48 bits per heavy atom. The van der Waals surface area contributed by atoms with E-state index in [9.17, 15) is 9.18 Å². The standard InChI is InChI=1S/C25H23FN4O2S/c1-2-16-32-22-11-7-6-10-21(22)27-23(31)17-33-25-29-28-24(18-12-14-19(26)15-13-18)30(25)20-8-4-3-5-9-20/h3-15H,2,16-17H2,1H3,(H,27,31). The van der Waals surface area contributed by atoms with E-state index in [0.717, 1.165) is 17.7 Å². The van der Waals surface area contributed by atoms with E-state index in [1.54, 1.807) is 12.1 Å². The minimum atomic E-state index is -0.320. The smallest absolute Gasteiger partial charge is 0.234 e. The van der Waals surface area contributed by atoms with Crippen molar-refractivity contribution >= 4 is 23.4 Å². The highest BCUT2D eigenvalue weighted by Gasteiger charge is 2.18. The van der Waals surface area contributed by atoms with Gasteiger partial charge in [-0.2, -0.15) is 0 Å². The Kier molecular flexibility index (Phi) is 7.36. The van der Waals surface area contributed by atoms with Gasteiger partial charge in [0.05, 0.1) is 18.0 Å². The maximum atomic E-state index is 13.4. The molecule has 0 radical (unpaired) electrons. The van der Waals surface area contributed by atoms with E-state index in [0.29, 0.717) is 29.0 Å². The van der Waals surface area contributed by atoms with Crippen LogP contribution in [0.15, 0.2) is 84.0 Å². The summed E-state index contributed by atoms with van der Waals surface area (Å²) in [6, 6.07) is 23.1. The summed E-state index contributed by atoms with van der Waals surface area (Å²) >= 11 is 1.27.